The van der Waals surface area contributed by atoms with Gasteiger partial charge in [-0.3, -0.25) is 9.59 Å². The summed E-state index contributed by atoms with van der Waals surface area (Å²) in [5.41, 5.74) is 5.38. The molecule has 2 N–H and O–H groups in total. The van der Waals surface area contributed by atoms with Gasteiger partial charge in [-0.1, -0.05) is 48.0 Å². The number of amides is 2. The molecule has 3 aromatic carbocycles. The largest absolute Gasteiger partial charge is 0.493 e. The van der Waals surface area contributed by atoms with Gasteiger partial charge in [0.1, 0.15) is 5.92 Å². The van der Waals surface area contributed by atoms with Gasteiger partial charge in [0.2, 0.25) is 5.91 Å². The van der Waals surface area contributed by atoms with Crippen LogP contribution < -0.4 is 20.2 Å². The molecular weight excluding hydrogens is 526 g/mol. The van der Waals surface area contributed by atoms with Crippen LogP contribution in [-0.2, 0) is 9.59 Å². The molecule has 2 unspecified atom stereocenters. The molecule has 1 fully saturated rings. The average Bonchev–Trinajstić information content (AvgIpc) is 3.27. The summed E-state index contributed by atoms with van der Waals surface area (Å²) in [6.45, 7) is 2.32. The topological polar surface area (TPSA) is 106 Å². The van der Waals surface area contributed by atoms with Crippen LogP contribution in [0.2, 0.25) is 0 Å². The number of aryl methyl sites for hydroxylation is 1. The van der Waals surface area contributed by atoms with E-state index in [4.69, 9.17) is 9.47 Å². The van der Waals surface area contributed by atoms with Crippen molar-refractivity contribution in [2.45, 2.75) is 12.8 Å². The maximum absolute atomic E-state index is 12.8. The van der Waals surface area contributed by atoms with Crippen molar-refractivity contribution in [2.75, 3.05) is 13.7 Å². The summed E-state index contributed by atoms with van der Waals surface area (Å²) in [6, 6.07) is 19.7. The molecule has 0 radical (unpaired) electrons. The number of esters is 1. The fraction of sp³-hybridized carbons (Fsp3) is 0.185. The molecule has 0 aromatic heterocycles. The van der Waals surface area contributed by atoms with Crippen LogP contribution in [0.1, 0.15) is 33.0 Å². The number of hydrazone groups is 1. The number of hydrogen-bond donors (Lipinski definition) is 2. The Morgan fingerprint density at radius 1 is 1.11 bits per heavy atom. The van der Waals surface area contributed by atoms with Crippen LogP contribution in [0.25, 0.3) is 0 Å². The van der Waals surface area contributed by atoms with Crippen molar-refractivity contribution in [3.63, 3.8) is 0 Å². The van der Waals surface area contributed by atoms with Crippen LogP contribution in [0, 0.1) is 12.8 Å². The van der Waals surface area contributed by atoms with E-state index in [2.05, 4.69) is 31.8 Å². The Kier molecular flexibility index (Phi) is 7.80. The fourth-order valence-electron chi connectivity index (χ4n) is 3.93. The zero-order valence-corrected chi connectivity index (χ0v) is 21.2. The van der Waals surface area contributed by atoms with Crippen molar-refractivity contribution >= 4 is 39.9 Å². The summed E-state index contributed by atoms with van der Waals surface area (Å²) >= 11 is 3.41. The van der Waals surface area contributed by atoms with E-state index >= 15 is 0 Å². The van der Waals surface area contributed by atoms with Crippen molar-refractivity contribution in [1.82, 2.24) is 10.7 Å². The molecule has 184 valence electrons. The van der Waals surface area contributed by atoms with E-state index in [1.54, 1.807) is 24.3 Å². The first kappa shape index (κ1) is 25.1. The number of nitrogens with one attached hydrogen (secondary N) is 2. The number of carbonyl (C=O) groups is 3. The summed E-state index contributed by atoms with van der Waals surface area (Å²) in [5, 5.41) is 6.77. The second-order valence-corrected chi connectivity index (χ2v) is 9.12. The van der Waals surface area contributed by atoms with E-state index in [1.165, 1.54) is 13.3 Å². The minimum Gasteiger partial charge on any atom is -0.493 e. The van der Waals surface area contributed by atoms with Gasteiger partial charge in [-0.2, -0.15) is 5.10 Å². The van der Waals surface area contributed by atoms with E-state index in [-0.39, 0.29) is 17.6 Å². The van der Waals surface area contributed by atoms with Crippen molar-refractivity contribution in [2.24, 2.45) is 11.0 Å². The SMILES string of the molecule is COc1cc(C=NNC(=O)C2C(=O)NCC2c2ccccc2)cc(Br)c1OC(=O)c1ccc(C)cc1. The van der Waals surface area contributed by atoms with Crippen LogP contribution in [0.5, 0.6) is 11.5 Å². The van der Waals surface area contributed by atoms with Crippen LogP contribution in [0.4, 0.5) is 0 Å². The number of benzene rings is 3. The number of rotatable bonds is 7. The van der Waals surface area contributed by atoms with Gasteiger partial charge in [-0.25, -0.2) is 10.2 Å². The third kappa shape index (κ3) is 5.63. The zero-order valence-electron chi connectivity index (χ0n) is 19.7. The predicted molar refractivity (Wildman–Crippen MR) is 138 cm³/mol. The Hall–Kier alpha value is -3.98. The number of hydrogen-bond acceptors (Lipinski definition) is 6. The lowest BCUT2D eigenvalue weighted by Crippen LogP contribution is -2.34. The molecular formula is C27H24BrN3O5. The number of halogens is 1. The molecule has 1 aliphatic heterocycles. The molecule has 36 heavy (non-hydrogen) atoms. The summed E-state index contributed by atoms with van der Waals surface area (Å²) < 4.78 is 11.4. The third-order valence-corrected chi connectivity index (χ3v) is 6.40. The quantitative estimate of drug-likeness (QED) is 0.152. The van der Waals surface area contributed by atoms with Gasteiger partial charge in [-0.05, 0) is 58.2 Å². The van der Waals surface area contributed by atoms with E-state index in [0.29, 0.717) is 27.9 Å². The van der Waals surface area contributed by atoms with E-state index in [9.17, 15) is 14.4 Å². The van der Waals surface area contributed by atoms with Crippen molar-refractivity contribution < 1.29 is 23.9 Å². The molecule has 2 atom stereocenters. The monoisotopic (exact) mass is 549 g/mol. The molecule has 1 saturated heterocycles. The molecule has 0 spiro atoms. The van der Waals surface area contributed by atoms with Crippen LogP contribution in [0.3, 0.4) is 0 Å². The molecule has 9 heteroatoms. The van der Waals surface area contributed by atoms with Crippen molar-refractivity contribution in [3.8, 4) is 11.5 Å². The van der Waals surface area contributed by atoms with Crippen molar-refractivity contribution in [1.29, 1.82) is 0 Å². The summed E-state index contributed by atoms with van der Waals surface area (Å²) in [7, 11) is 1.45. The summed E-state index contributed by atoms with van der Waals surface area (Å²) in [4.78, 5) is 37.6. The predicted octanol–water partition coefficient (Wildman–Crippen LogP) is 3.97. The second kappa shape index (κ2) is 11.2. The highest BCUT2D eigenvalue weighted by molar-refractivity contribution is 9.10. The van der Waals surface area contributed by atoms with E-state index < -0.39 is 17.8 Å². The second-order valence-electron chi connectivity index (χ2n) is 8.26. The normalized spacial score (nSPS) is 17.0. The van der Waals surface area contributed by atoms with Gasteiger partial charge in [0.25, 0.3) is 5.91 Å². The Balaban J connectivity index is 1.46. The lowest BCUT2D eigenvalue weighted by molar-refractivity contribution is -0.133. The maximum Gasteiger partial charge on any atom is 0.343 e. The molecule has 4 rings (SSSR count). The van der Waals surface area contributed by atoms with Crippen LogP contribution in [0.15, 0.2) is 76.3 Å². The molecule has 8 nitrogen and oxygen atoms in total. The Morgan fingerprint density at radius 3 is 2.53 bits per heavy atom. The third-order valence-electron chi connectivity index (χ3n) is 5.81. The van der Waals surface area contributed by atoms with Gasteiger partial charge in [0, 0.05) is 12.5 Å². The number of ether oxygens (including phenoxy) is 2. The first-order valence-electron chi connectivity index (χ1n) is 11.2. The summed E-state index contributed by atoms with van der Waals surface area (Å²) in [5.74, 6) is -1.98. The molecule has 0 aliphatic carbocycles. The standard InChI is InChI=1S/C27H24BrN3O5/c1-16-8-10-19(11-9-16)27(34)36-24-21(28)12-17(13-22(24)35-2)14-30-31-26(33)23-20(15-29-25(23)32)18-6-4-3-5-7-18/h3-14,20,23H,15H2,1-2H3,(H,29,32)(H,31,33). The van der Waals surface area contributed by atoms with Gasteiger partial charge in [-0.15, -0.1) is 0 Å². The fourth-order valence-corrected chi connectivity index (χ4v) is 4.47. The summed E-state index contributed by atoms with van der Waals surface area (Å²) in [6.07, 6.45) is 1.42. The van der Waals surface area contributed by atoms with Gasteiger partial charge in [0.15, 0.2) is 11.5 Å². The first-order chi connectivity index (χ1) is 17.4. The number of nitrogens with zero attached hydrogens (tertiary/aromatic N) is 1. The minimum absolute atomic E-state index is 0.220. The molecule has 0 saturated carbocycles. The lowest BCUT2D eigenvalue weighted by atomic mass is 9.88. The minimum atomic E-state index is -0.880. The Labute approximate surface area is 216 Å². The molecule has 1 aliphatic rings. The van der Waals surface area contributed by atoms with Crippen LogP contribution >= 0.6 is 15.9 Å². The smallest absolute Gasteiger partial charge is 0.343 e. The average molecular weight is 550 g/mol. The highest BCUT2D eigenvalue weighted by atomic mass is 79.9. The number of methoxy groups -OCH3 is 1. The lowest BCUT2D eigenvalue weighted by Gasteiger charge is -2.15. The van der Waals surface area contributed by atoms with Gasteiger partial charge < -0.3 is 14.8 Å². The highest BCUT2D eigenvalue weighted by Gasteiger charge is 2.40. The van der Waals surface area contributed by atoms with E-state index in [0.717, 1.165) is 11.1 Å². The van der Waals surface area contributed by atoms with Crippen molar-refractivity contribution in [3.05, 3.63) is 93.5 Å². The van der Waals surface area contributed by atoms with Gasteiger partial charge >= 0.3 is 5.97 Å². The number of carbonyl (C=O) groups excluding carboxylic acids is 3. The Morgan fingerprint density at radius 2 is 1.83 bits per heavy atom. The molecule has 1 heterocycles. The molecule has 0 bridgehead atoms. The maximum atomic E-state index is 12.8. The van der Waals surface area contributed by atoms with Crippen LogP contribution in [-0.4, -0.2) is 37.7 Å². The van der Waals surface area contributed by atoms with E-state index in [1.807, 2.05) is 49.4 Å². The zero-order chi connectivity index (χ0) is 25.7. The highest BCUT2D eigenvalue weighted by Crippen LogP contribution is 2.37. The molecule has 3 aromatic rings. The molecule has 2 amide bonds. The Bertz CT molecular complexity index is 1310. The first-order valence-corrected chi connectivity index (χ1v) is 12.0. The van der Waals surface area contributed by atoms with Gasteiger partial charge in [0.05, 0.1) is 23.4 Å².